The van der Waals surface area contributed by atoms with E-state index in [0.29, 0.717) is 11.9 Å². The first kappa shape index (κ1) is 17.0. The van der Waals surface area contributed by atoms with Gasteiger partial charge in [0.2, 0.25) is 0 Å². The maximum absolute atomic E-state index is 6.11. The second-order valence-corrected chi connectivity index (χ2v) is 7.61. The number of thiazole rings is 1. The van der Waals surface area contributed by atoms with E-state index in [-0.39, 0.29) is 5.60 Å². The van der Waals surface area contributed by atoms with E-state index in [0.717, 1.165) is 69.2 Å². The van der Waals surface area contributed by atoms with Crippen LogP contribution in [0.4, 0.5) is 0 Å². The summed E-state index contributed by atoms with van der Waals surface area (Å²) in [6.45, 7) is 3.45. The molecule has 2 aromatic rings. The van der Waals surface area contributed by atoms with Crippen LogP contribution in [0.3, 0.4) is 0 Å². The van der Waals surface area contributed by atoms with Gasteiger partial charge in [0.25, 0.3) is 0 Å². The van der Waals surface area contributed by atoms with Gasteiger partial charge in [-0.15, -0.1) is 11.3 Å². The largest absolute Gasteiger partial charge is 0.381 e. The monoisotopic (exact) mass is 360 g/mol. The number of hydrogen-bond acceptors (Lipinski definition) is 7. The second-order valence-electron chi connectivity index (χ2n) is 6.75. The van der Waals surface area contributed by atoms with Crippen LogP contribution in [0.15, 0.2) is 23.8 Å². The Morgan fingerprint density at radius 2 is 2.04 bits per heavy atom. The fourth-order valence-electron chi connectivity index (χ4n) is 3.63. The number of aromatic nitrogens is 3. The average molecular weight is 360 g/mol. The van der Waals surface area contributed by atoms with E-state index in [1.807, 2.05) is 6.07 Å². The molecule has 0 bridgehead atoms. The maximum atomic E-state index is 6.11. The molecule has 2 aromatic heterocycles. The highest BCUT2D eigenvalue weighted by molar-refractivity contribution is 7.13. The Morgan fingerprint density at radius 1 is 1.20 bits per heavy atom. The lowest BCUT2D eigenvalue weighted by atomic mass is 9.84. The number of nitrogens with zero attached hydrogens (tertiary/aromatic N) is 3. The first-order valence-corrected chi connectivity index (χ1v) is 9.88. The van der Waals surface area contributed by atoms with Gasteiger partial charge < -0.3 is 14.8 Å². The Morgan fingerprint density at radius 3 is 2.88 bits per heavy atom. The molecule has 25 heavy (non-hydrogen) atoms. The molecule has 2 aliphatic heterocycles. The Labute approximate surface area is 152 Å². The molecule has 134 valence electrons. The van der Waals surface area contributed by atoms with Gasteiger partial charge in [-0.25, -0.2) is 15.0 Å². The van der Waals surface area contributed by atoms with E-state index in [1.54, 1.807) is 23.7 Å². The van der Waals surface area contributed by atoms with Crippen LogP contribution in [-0.4, -0.2) is 53.0 Å². The van der Waals surface area contributed by atoms with Gasteiger partial charge in [-0.05, 0) is 31.7 Å². The standard InChI is InChI=1S/C18H24N4O2S/c1-6-20-16(21-7-1)17-22-15(13-25-17)2-8-19-14-3-9-24-18(12-14)4-10-23-11-5-18/h1,6-7,13-14,19H,2-5,8-12H2. The van der Waals surface area contributed by atoms with Crippen molar-refractivity contribution in [3.05, 3.63) is 29.5 Å². The molecule has 1 spiro atoms. The predicted octanol–water partition coefficient (Wildman–Crippen LogP) is 2.46. The van der Waals surface area contributed by atoms with Crippen molar-refractivity contribution in [1.29, 1.82) is 0 Å². The molecule has 1 unspecified atom stereocenters. The average Bonchev–Trinajstić information content (AvgIpc) is 3.12. The summed E-state index contributed by atoms with van der Waals surface area (Å²) in [6.07, 6.45) is 8.66. The van der Waals surface area contributed by atoms with Gasteiger partial charge >= 0.3 is 0 Å². The van der Waals surface area contributed by atoms with Crippen LogP contribution >= 0.6 is 11.3 Å². The zero-order chi connectivity index (χ0) is 17.0. The van der Waals surface area contributed by atoms with E-state index in [1.165, 1.54) is 0 Å². The number of hydrogen-bond donors (Lipinski definition) is 1. The number of nitrogens with one attached hydrogen (secondary N) is 1. The molecule has 2 fully saturated rings. The van der Waals surface area contributed by atoms with Crippen LogP contribution in [0.5, 0.6) is 0 Å². The van der Waals surface area contributed by atoms with Gasteiger partial charge in [0.15, 0.2) is 10.8 Å². The fourth-order valence-corrected chi connectivity index (χ4v) is 4.43. The second kappa shape index (κ2) is 7.86. The summed E-state index contributed by atoms with van der Waals surface area (Å²) in [7, 11) is 0. The van der Waals surface area contributed by atoms with E-state index in [2.05, 4.69) is 25.6 Å². The van der Waals surface area contributed by atoms with E-state index < -0.39 is 0 Å². The SMILES string of the molecule is c1cnc(-c2nc(CCNC3CCOC4(CCOCC4)C3)cs2)nc1. The van der Waals surface area contributed by atoms with Crippen molar-refractivity contribution in [2.24, 2.45) is 0 Å². The highest BCUT2D eigenvalue weighted by Crippen LogP contribution is 2.34. The van der Waals surface area contributed by atoms with Crippen LogP contribution in [0.1, 0.15) is 31.4 Å². The van der Waals surface area contributed by atoms with Gasteiger partial charge in [-0.1, -0.05) is 0 Å². The van der Waals surface area contributed by atoms with Crippen molar-refractivity contribution in [3.8, 4) is 10.8 Å². The van der Waals surface area contributed by atoms with Crippen molar-refractivity contribution in [3.63, 3.8) is 0 Å². The number of ether oxygens (including phenoxy) is 2. The highest BCUT2D eigenvalue weighted by Gasteiger charge is 2.38. The summed E-state index contributed by atoms with van der Waals surface area (Å²) in [5.41, 5.74) is 1.15. The van der Waals surface area contributed by atoms with Crippen LogP contribution in [0.2, 0.25) is 0 Å². The summed E-state index contributed by atoms with van der Waals surface area (Å²) in [5.74, 6) is 0.706. The fraction of sp³-hybridized carbons (Fsp3) is 0.611. The molecule has 0 radical (unpaired) electrons. The molecular formula is C18H24N4O2S. The van der Waals surface area contributed by atoms with Gasteiger partial charge in [0.1, 0.15) is 0 Å². The molecule has 0 aromatic carbocycles. The summed E-state index contributed by atoms with van der Waals surface area (Å²) in [5, 5.41) is 6.70. The molecule has 0 aliphatic carbocycles. The highest BCUT2D eigenvalue weighted by atomic mass is 32.1. The summed E-state index contributed by atoms with van der Waals surface area (Å²) in [4.78, 5) is 13.2. The lowest BCUT2D eigenvalue weighted by molar-refractivity contribution is -0.140. The van der Waals surface area contributed by atoms with E-state index in [9.17, 15) is 0 Å². The Hall–Kier alpha value is -1.41. The van der Waals surface area contributed by atoms with Crippen LogP contribution in [-0.2, 0) is 15.9 Å². The molecular weight excluding hydrogens is 336 g/mol. The molecule has 0 saturated carbocycles. The third-order valence-corrected chi connectivity index (χ3v) is 5.91. The molecule has 1 N–H and O–H groups in total. The molecule has 4 heterocycles. The minimum absolute atomic E-state index is 0.0482. The zero-order valence-corrected chi connectivity index (χ0v) is 15.1. The van der Waals surface area contributed by atoms with E-state index in [4.69, 9.17) is 9.47 Å². The topological polar surface area (TPSA) is 69.2 Å². The minimum atomic E-state index is 0.0482. The third kappa shape index (κ3) is 4.23. The Balaban J connectivity index is 1.27. The van der Waals surface area contributed by atoms with Gasteiger partial charge in [0, 0.05) is 56.6 Å². The lowest BCUT2D eigenvalue weighted by Gasteiger charge is -2.43. The smallest absolute Gasteiger partial charge is 0.188 e. The molecule has 6 nitrogen and oxygen atoms in total. The van der Waals surface area contributed by atoms with Crippen molar-refractivity contribution in [2.75, 3.05) is 26.4 Å². The molecule has 2 aliphatic rings. The van der Waals surface area contributed by atoms with Gasteiger partial charge in [0.05, 0.1) is 11.3 Å². The van der Waals surface area contributed by atoms with Crippen molar-refractivity contribution >= 4 is 11.3 Å². The van der Waals surface area contributed by atoms with Crippen LogP contribution in [0.25, 0.3) is 10.8 Å². The predicted molar refractivity (Wildman–Crippen MR) is 96.6 cm³/mol. The van der Waals surface area contributed by atoms with Crippen LogP contribution in [0, 0.1) is 0 Å². The van der Waals surface area contributed by atoms with Crippen molar-refractivity contribution < 1.29 is 9.47 Å². The molecule has 1 atom stereocenters. The van der Waals surface area contributed by atoms with Gasteiger partial charge in [-0.3, -0.25) is 0 Å². The Bertz CT molecular complexity index is 667. The Kier molecular flexibility index (Phi) is 5.36. The molecule has 7 heteroatoms. The zero-order valence-electron chi connectivity index (χ0n) is 14.3. The quantitative estimate of drug-likeness (QED) is 0.883. The number of rotatable bonds is 5. The van der Waals surface area contributed by atoms with E-state index >= 15 is 0 Å². The molecule has 0 amide bonds. The van der Waals surface area contributed by atoms with Gasteiger partial charge in [-0.2, -0.15) is 0 Å². The normalized spacial score (nSPS) is 23.0. The first-order chi connectivity index (χ1) is 12.3. The summed E-state index contributed by atoms with van der Waals surface area (Å²) in [6, 6.07) is 2.35. The molecule has 2 saturated heterocycles. The van der Waals surface area contributed by atoms with Crippen LogP contribution < -0.4 is 5.32 Å². The summed E-state index contributed by atoms with van der Waals surface area (Å²) >= 11 is 1.61. The minimum Gasteiger partial charge on any atom is -0.381 e. The maximum Gasteiger partial charge on any atom is 0.188 e. The lowest BCUT2D eigenvalue weighted by Crippen LogP contribution is -2.50. The van der Waals surface area contributed by atoms with Crippen molar-refractivity contribution in [2.45, 2.75) is 43.7 Å². The van der Waals surface area contributed by atoms with Crippen molar-refractivity contribution in [1.82, 2.24) is 20.3 Å². The first-order valence-electron chi connectivity index (χ1n) is 9.00. The third-order valence-electron chi connectivity index (χ3n) is 5.02. The summed E-state index contributed by atoms with van der Waals surface area (Å²) < 4.78 is 11.6. The molecule has 4 rings (SSSR count).